The third-order valence-corrected chi connectivity index (χ3v) is 8.48. The first-order valence-corrected chi connectivity index (χ1v) is 15.2. The lowest BCUT2D eigenvalue weighted by Crippen LogP contribution is -2.47. The number of piperidine rings is 2. The second kappa shape index (κ2) is 12.5. The Morgan fingerprint density at radius 3 is 2.50 bits per heavy atom. The number of para-hydroxylation sites is 1. The number of carbonyl (C=O) groups is 2. The molecule has 1 atom stereocenters. The molecule has 5 heterocycles. The van der Waals surface area contributed by atoms with E-state index in [1.165, 1.54) is 18.7 Å². The number of nitrogens with zero attached hydrogens (tertiary/aromatic N) is 6. The number of rotatable bonds is 8. The minimum absolute atomic E-state index is 0.0471. The van der Waals surface area contributed by atoms with Gasteiger partial charge in [0.05, 0.1) is 29.5 Å². The fraction of sp³-hybridized carbons (Fsp3) is 0.273. The highest BCUT2D eigenvalue weighted by Crippen LogP contribution is 2.35. The summed E-state index contributed by atoms with van der Waals surface area (Å²) in [6.07, 6.45) is 6.24. The number of halogens is 1. The van der Waals surface area contributed by atoms with E-state index in [4.69, 9.17) is 15.6 Å². The second-order valence-corrected chi connectivity index (χ2v) is 11.5. The van der Waals surface area contributed by atoms with E-state index in [1.807, 2.05) is 59.3 Å². The van der Waals surface area contributed by atoms with E-state index in [0.29, 0.717) is 65.6 Å². The lowest BCUT2D eigenvalue weighted by atomic mass is 10.0. The molecule has 5 aromatic rings. The summed E-state index contributed by atoms with van der Waals surface area (Å²) in [6, 6.07) is 16.7. The fourth-order valence-corrected chi connectivity index (χ4v) is 6.07. The van der Waals surface area contributed by atoms with Crippen molar-refractivity contribution in [3.05, 3.63) is 84.7 Å². The van der Waals surface area contributed by atoms with Gasteiger partial charge in [0, 0.05) is 37.2 Å². The van der Waals surface area contributed by atoms with E-state index in [9.17, 15) is 9.59 Å². The first-order chi connectivity index (χ1) is 22.4. The van der Waals surface area contributed by atoms with Gasteiger partial charge in [-0.25, -0.2) is 19.0 Å². The summed E-state index contributed by atoms with van der Waals surface area (Å²) in [5.74, 6) is 0.644. The van der Waals surface area contributed by atoms with Crippen LogP contribution < -0.4 is 21.1 Å². The molecule has 234 valence electrons. The molecule has 0 aliphatic carbocycles. The van der Waals surface area contributed by atoms with Gasteiger partial charge in [0.1, 0.15) is 41.2 Å². The third kappa shape index (κ3) is 5.96. The van der Waals surface area contributed by atoms with Crippen LogP contribution in [0.2, 0.25) is 0 Å². The van der Waals surface area contributed by atoms with E-state index in [0.717, 1.165) is 24.2 Å². The van der Waals surface area contributed by atoms with Crippen LogP contribution in [0.3, 0.4) is 0 Å². The van der Waals surface area contributed by atoms with E-state index >= 15 is 4.39 Å². The standard InChI is InChI=1S/C33H32FN9O3/c34-25-16-36-17-27(39-26-10-11-28(44)40-33(26)45)24(25)18-42-14-12-21(13-15-42)43-32-29(31(35)37-19-38-32)30(41-43)20-6-8-23(9-7-20)46-22-4-2-1-3-5-22/h1-9,16-17,19,21,26,39H,10-15,18H2,(H2,35,37,38)(H,40,44,45). The topological polar surface area (TPSA) is 153 Å². The first-order valence-electron chi connectivity index (χ1n) is 15.2. The number of nitrogens with one attached hydrogen (secondary N) is 2. The molecule has 46 heavy (non-hydrogen) atoms. The number of carbonyl (C=O) groups excluding carboxylic acids is 2. The van der Waals surface area contributed by atoms with Crippen LogP contribution in [0.4, 0.5) is 15.9 Å². The average Bonchev–Trinajstić information content (AvgIpc) is 3.46. The van der Waals surface area contributed by atoms with E-state index < -0.39 is 17.8 Å². The Kier molecular flexibility index (Phi) is 7.97. The quantitative estimate of drug-likeness (QED) is 0.212. The minimum Gasteiger partial charge on any atom is -0.457 e. The minimum atomic E-state index is -0.630. The molecule has 2 saturated heterocycles. The number of nitrogens with two attached hydrogens (primary N) is 1. The van der Waals surface area contributed by atoms with Crippen molar-refractivity contribution in [1.82, 2.24) is 34.9 Å². The van der Waals surface area contributed by atoms with Crippen LogP contribution in [0.5, 0.6) is 11.5 Å². The Morgan fingerprint density at radius 1 is 0.978 bits per heavy atom. The van der Waals surface area contributed by atoms with Crippen molar-refractivity contribution in [3.8, 4) is 22.8 Å². The SMILES string of the molecule is Nc1ncnc2c1c(-c1ccc(Oc3ccccc3)cc1)nn2C1CCN(Cc2c(F)cncc2NC2CCC(=O)NC2=O)CC1. The molecule has 2 aliphatic heterocycles. The molecule has 2 aromatic carbocycles. The maximum atomic E-state index is 15.0. The number of hydrogen-bond acceptors (Lipinski definition) is 10. The summed E-state index contributed by atoms with van der Waals surface area (Å²) in [4.78, 5) is 38.8. The second-order valence-electron chi connectivity index (χ2n) is 11.5. The molecule has 2 amide bonds. The molecule has 2 fully saturated rings. The molecule has 13 heteroatoms. The van der Waals surface area contributed by atoms with E-state index in [1.54, 1.807) is 0 Å². The van der Waals surface area contributed by atoms with Gasteiger partial charge in [0.15, 0.2) is 5.65 Å². The van der Waals surface area contributed by atoms with Crippen LogP contribution in [-0.2, 0) is 16.1 Å². The molecule has 7 rings (SSSR count). The number of likely N-dealkylation sites (tertiary alicyclic amines) is 1. The number of anilines is 2. The molecular formula is C33H32FN9O3. The molecule has 0 bridgehead atoms. The third-order valence-electron chi connectivity index (χ3n) is 8.48. The number of imide groups is 1. The van der Waals surface area contributed by atoms with Crippen LogP contribution in [-0.4, -0.2) is 60.6 Å². The van der Waals surface area contributed by atoms with Crippen LogP contribution in [0.25, 0.3) is 22.3 Å². The highest BCUT2D eigenvalue weighted by atomic mass is 19.1. The number of amides is 2. The predicted molar refractivity (Wildman–Crippen MR) is 169 cm³/mol. The highest BCUT2D eigenvalue weighted by molar-refractivity contribution is 6.01. The summed E-state index contributed by atoms with van der Waals surface area (Å²) < 4.78 is 22.9. The largest absolute Gasteiger partial charge is 0.457 e. The van der Waals surface area contributed by atoms with Gasteiger partial charge in [-0.3, -0.25) is 24.8 Å². The number of pyridine rings is 1. The maximum absolute atomic E-state index is 15.0. The van der Waals surface area contributed by atoms with Crippen molar-refractivity contribution in [1.29, 1.82) is 0 Å². The Hall–Kier alpha value is -5.43. The summed E-state index contributed by atoms with van der Waals surface area (Å²) in [7, 11) is 0. The number of nitrogen functional groups attached to an aromatic ring is 1. The number of hydrogen-bond donors (Lipinski definition) is 3. The van der Waals surface area contributed by atoms with Crippen molar-refractivity contribution in [2.75, 3.05) is 24.1 Å². The van der Waals surface area contributed by atoms with Crippen molar-refractivity contribution in [2.24, 2.45) is 0 Å². The normalized spacial score (nSPS) is 17.6. The number of ether oxygens (including phenoxy) is 1. The van der Waals surface area contributed by atoms with Gasteiger partial charge < -0.3 is 15.8 Å². The molecule has 3 aromatic heterocycles. The van der Waals surface area contributed by atoms with Crippen molar-refractivity contribution in [2.45, 2.75) is 44.3 Å². The monoisotopic (exact) mass is 621 g/mol. The molecule has 2 aliphatic rings. The summed E-state index contributed by atoms with van der Waals surface area (Å²) >= 11 is 0. The van der Waals surface area contributed by atoms with E-state index in [-0.39, 0.29) is 18.4 Å². The van der Waals surface area contributed by atoms with Gasteiger partial charge in [-0.1, -0.05) is 18.2 Å². The Morgan fingerprint density at radius 2 is 1.74 bits per heavy atom. The van der Waals surface area contributed by atoms with Crippen LogP contribution in [0, 0.1) is 5.82 Å². The molecule has 0 spiro atoms. The molecule has 0 saturated carbocycles. The molecule has 4 N–H and O–H groups in total. The van der Waals surface area contributed by atoms with Gasteiger partial charge >= 0.3 is 0 Å². The Labute approximate surface area is 263 Å². The fourth-order valence-electron chi connectivity index (χ4n) is 6.07. The molecule has 0 radical (unpaired) electrons. The smallest absolute Gasteiger partial charge is 0.249 e. The zero-order valence-electron chi connectivity index (χ0n) is 24.9. The number of benzene rings is 2. The molecule has 1 unspecified atom stereocenters. The Balaban J connectivity index is 1.07. The maximum Gasteiger partial charge on any atom is 0.249 e. The van der Waals surface area contributed by atoms with Gasteiger partial charge in [0.2, 0.25) is 11.8 Å². The summed E-state index contributed by atoms with van der Waals surface area (Å²) in [5.41, 5.74) is 9.48. The van der Waals surface area contributed by atoms with E-state index in [2.05, 4.69) is 30.5 Å². The lowest BCUT2D eigenvalue weighted by molar-refractivity contribution is -0.133. The van der Waals surface area contributed by atoms with Crippen LogP contribution >= 0.6 is 0 Å². The van der Waals surface area contributed by atoms with Crippen molar-refractivity contribution >= 4 is 34.4 Å². The average molecular weight is 622 g/mol. The predicted octanol–water partition coefficient (Wildman–Crippen LogP) is 4.46. The summed E-state index contributed by atoms with van der Waals surface area (Å²) in [6.45, 7) is 1.72. The zero-order chi connectivity index (χ0) is 31.6. The van der Waals surface area contributed by atoms with Gasteiger partial charge in [-0.15, -0.1) is 0 Å². The molecule has 12 nitrogen and oxygen atoms in total. The zero-order valence-corrected chi connectivity index (χ0v) is 24.9. The highest BCUT2D eigenvalue weighted by Gasteiger charge is 2.29. The Bertz CT molecular complexity index is 1890. The van der Waals surface area contributed by atoms with Gasteiger partial charge in [0.25, 0.3) is 0 Å². The summed E-state index contributed by atoms with van der Waals surface area (Å²) in [5, 5.41) is 11.1. The van der Waals surface area contributed by atoms with Crippen LogP contribution in [0.1, 0.15) is 37.3 Å². The first kappa shape index (κ1) is 29.3. The lowest BCUT2D eigenvalue weighted by Gasteiger charge is -2.33. The van der Waals surface area contributed by atoms with Crippen LogP contribution in [0.15, 0.2) is 73.3 Å². The van der Waals surface area contributed by atoms with Crippen molar-refractivity contribution in [3.63, 3.8) is 0 Å². The number of fused-ring (bicyclic) bond motifs is 1. The molecular weight excluding hydrogens is 589 g/mol. The van der Waals surface area contributed by atoms with Crippen molar-refractivity contribution < 1.29 is 18.7 Å². The van der Waals surface area contributed by atoms with Gasteiger partial charge in [-0.2, -0.15) is 5.10 Å². The van der Waals surface area contributed by atoms with Gasteiger partial charge in [-0.05, 0) is 55.7 Å². The number of aromatic nitrogens is 5.